The number of rotatable bonds is 4. The second-order valence-corrected chi connectivity index (χ2v) is 6.26. The van der Waals surface area contributed by atoms with E-state index in [2.05, 4.69) is 10.9 Å². The van der Waals surface area contributed by atoms with Crippen LogP contribution in [0, 0.1) is 12.8 Å². The van der Waals surface area contributed by atoms with Crippen molar-refractivity contribution in [3.05, 3.63) is 53.5 Å². The lowest BCUT2D eigenvalue weighted by atomic mass is 10.1. The maximum atomic E-state index is 12.3. The lowest BCUT2D eigenvalue weighted by Gasteiger charge is -2.17. The minimum Gasteiger partial charge on any atom is -0.469 e. The fourth-order valence-electron chi connectivity index (χ4n) is 2.99. The van der Waals surface area contributed by atoms with Gasteiger partial charge in [-0.1, -0.05) is 19.1 Å². The number of nitrogens with one attached hydrogen (secondary N) is 2. The van der Waals surface area contributed by atoms with Crippen molar-refractivity contribution in [3.63, 3.8) is 0 Å². The third-order valence-corrected chi connectivity index (χ3v) is 4.53. The molecule has 0 spiro atoms. The minimum absolute atomic E-state index is 0.101. The smallest absolute Gasteiger partial charge is 0.273 e. The quantitative estimate of drug-likeness (QED) is 0.820. The molecule has 1 atom stereocenters. The zero-order valence-corrected chi connectivity index (χ0v) is 14.7. The van der Waals surface area contributed by atoms with Crippen LogP contribution in [-0.4, -0.2) is 24.3 Å². The third kappa shape index (κ3) is 3.61. The highest BCUT2D eigenvalue weighted by atomic mass is 16.3. The van der Waals surface area contributed by atoms with Gasteiger partial charge in [-0.2, -0.15) is 0 Å². The topological polar surface area (TPSA) is 91.7 Å². The van der Waals surface area contributed by atoms with Gasteiger partial charge in [-0.05, 0) is 37.1 Å². The minimum atomic E-state index is -0.515. The summed E-state index contributed by atoms with van der Waals surface area (Å²) in [5.41, 5.74) is 7.04. The Morgan fingerprint density at radius 1 is 1.27 bits per heavy atom. The molecule has 2 N–H and O–H groups in total. The molecule has 2 heterocycles. The van der Waals surface area contributed by atoms with Gasteiger partial charge in [0.25, 0.3) is 5.91 Å². The summed E-state index contributed by atoms with van der Waals surface area (Å²) in [4.78, 5) is 38.2. The molecule has 1 saturated heterocycles. The van der Waals surface area contributed by atoms with E-state index in [1.807, 2.05) is 31.2 Å². The van der Waals surface area contributed by atoms with Gasteiger partial charge in [0.15, 0.2) is 0 Å². The van der Waals surface area contributed by atoms with Crippen molar-refractivity contribution in [3.8, 4) is 0 Å². The molecule has 0 aliphatic carbocycles. The van der Waals surface area contributed by atoms with Gasteiger partial charge >= 0.3 is 0 Å². The van der Waals surface area contributed by atoms with Crippen LogP contribution in [0.25, 0.3) is 0 Å². The molecule has 1 aromatic heterocycles. The van der Waals surface area contributed by atoms with Gasteiger partial charge in [0, 0.05) is 18.7 Å². The first-order valence-corrected chi connectivity index (χ1v) is 8.53. The summed E-state index contributed by atoms with van der Waals surface area (Å²) in [7, 11) is 0. The summed E-state index contributed by atoms with van der Waals surface area (Å²) in [5.74, 6) is -0.993. The van der Waals surface area contributed by atoms with Gasteiger partial charge in [0.2, 0.25) is 11.8 Å². The fourth-order valence-corrected chi connectivity index (χ4v) is 2.99. The molecule has 7 nitrogen and oxygen atoms in total. The third-order valence-electron chi connectivity index (χ3n) is 4.53. The van der Waals surface area contributed by atoms with E-state index in [1.165, 1.54) is 12.3 Å². The largest absolute Gasteiger partial charge is 0.469 e. The van der Waals surface area contributed by atoms with Crippen LogP contribution in [0.1, 0.15) is 35.0 Å². The summed E-state index contributed by atoms with van der Waals surface area (Å²) in [6.07, 6.45) is 2.39. The molecule has 1 aliphatic heterocycles. The van der Waals surface area contributed by atoms with Gasteiger partial charge in [0.1, 0.15) is 5.76 Å². The van der Waals surface area contributed by atoms with Crippen LogP contribution < -0.4 is 15.8 Å². The Kier molecular flexibility index (Phi) is 5.06. The Morgan fingerprint density at radius 3 is 2.77 bits per heavy atom. The molecule has 136 valence electrons. The van der Waals surface area contributed by atoms with Gasteiger partial charge in [-0.15, -0.1) is 0 Å². The number of benzene rings is 1. The predicted octanol–water partition coefficient (Wildman–Crippen LogP) is 1.96. The van der Waals surface area contributed by atoms with Gasteiger partial charge < -0.3 is 9.32 Å². The van der Waals surface area contributed by atoms with E-state index < -0.39 is 11.8 Å². The Labute approximate surface area is 151 Å². The highest BCUT2D eigenvalue weighted by Gasteiger charge is 2.35. The van der Waals surface area contributed by atoms with E-state index in [-0.39, 0.29) is 18.2 Å². The van der Waals surface area contributed by atoms with E-state index >= 15 is 0 Å². The number of hydrazine groups is 1. The predicted molar refractivity (Wildman–Crippen MR) is 95.3 cm³/mol. The Hall–Kier alpha value is -3.09. The molecule has 3 amide bonds. The lowest BCUT2D eigenvalue weighted by molar-refractivity contribution is -0.126. The van der Waals surface area contributed by atoms with Crippen LogP contribution in [0.3, 0.4) is 0 Å². The Morgan fingerprint density at radius 2 is 2.08 bits per heavy atom. The average Bonchev–Trinajstić information content (AvgIpc) is 3.25. The molecule has 0 radical (unpaired) electrons. The number of hydrogen-bond acceptors (Lipinski definition) is 4. The van der Waals surface area contributed by atoms with Crippen LogP contribution in [-0.2, 0) is 16.0 Å². The van der Waals surface area contributed by atoms with Crippen molar-refractivity contribution < 1.29 is 18.8 Å². The summed E-state index contributed by atoms with van der Waals surface area (Å²) in [6, 6.07) is 9.25. The van der Waals surface area contributed by atoms with Crippen molar-refractivity contribution >= 4 is 23.4 Å². The summed E-state index contributed by atoms with van der Waals surface area (Å²) in [5, 5.41) is 0. The molecule has 3 rings (SSSR count). The van der Waals surface area contributed by atoms with Crippen molar-refractivity contribution in [2.45, 2.75) is 26.7 Å². The molecular weight excluding hydrogens is 334 g/mol. The number of hydrogen-bond donors (Lipinski definition) is 2. The summed E-state index contributed by atoms with van der Waals surface area (Å²) < 4.78 is 5.06. The molecule has 1 fully saturated rings. The molecule has 1 aromatic carbocycles. The maximum Gasteiger partial charge on any atom is 0.273 e. The van der Waals surface area contributed by atoms with Crippen LogP contribution in [0.15, 0.2) is 41.0 Å². The number of carbonyl (C=O) groups is 3. The SMILES string of the molecule is CCc1cccc(N2CC(C(=O)NNC(=O)c3ccoc3C)CC2=O)c1. The second kappa shape index (κ2) is 7.43. The standard InChI is InChI=1S/C19H21N3O4/c1-3-13-5-4-6-15(9-13)22-11-14(10-17(22)23)18(24)20-21-19(25)16-7-8-26-12(16)2/h4-9,14H,3,10-11H2,1-2H3,(H,20,24)(H,21,25). The van der Waals surface area contributed by atoms with Crippen LogP contribution in [0.2, 0.25) is 0 Å². The average molecular weight is 355 g/mol. The molecule has 7 heteroatoms. The Balaban J connectivity index is 1.60. The highest BCUT2D eigenvalue weighted by molar-refractivity contribution is 6.01. The van der Waals surface area contributed by atoms with E-state index in [4.69, 9.17) is 4.42 Å². The van der Waals surface area contributed by atoms with Crippen molar-refractivity contribution in [1.82, 2.24) is 10.9 Å². The molecule has 2 aromatic rings. The highest BCUT2D eigenvalue weighted by Crippen LogP contribution is 2.26. The zero-order chi connectivity index (χ0) is 18.7. The molecule has 26 heavy (non-hydrogen) atoms. The zero-order valence-electron chi connectivity index (χ0n) is 14.7. The Bertz CT molecular complexity index is 843. The van der Waals surface area contributed by atoms with Crippen LogP contribution in [0.5, 0.6) is 0 Å². The normalized spacial score (nSPS) is 16.6. The van der Waals surface area contributed by atoms with Crippen LogP contribution >= 0.6 is 0 Å². The number of aryl methyl sites for hydroxylation is 2. The molecule has 0 saturated carbocycles. The van der Waals surface area contributed by atoms with Crippen molar-refractivity contribution in [1.29, 1.82) is 0 Å². The molecule has 1 unspecified atom stereocenters. The van der Waals surface area contributed by atoms with Crippen molar-refractivity contribution in [2.75, 3.05) is 11.4 Å². The van der Waals surface area contributed by atoms with E-state index in [1.54, 1.807) is 11.8 Å². The molecular formula is C19H21N3O4. The molecule has 1 aliphatic rings. The number of nitrogens with zero attached hydrogens (tertiary/aromatic N) is 1. The fraction of sp³-hybridized carbons (Fsp3) is 0.316. The maximum absolute atomic E-state index is 12.3. The molecule has 0 bridgehead atoms. The monoisotopic (exact) mass is 355 g/mol. The van der Waals surface area contributed by atoms with Crippen LogP contribution in [0.4, 0.5) is 5.69 Å². The first-order chi connectivity index (χ1) is 12.5. The number of amides is 3. The second-order valence-electron chi connectivity index (χ2n) is 6.26. The van der Waals surface area contributed by atoms with Gasteiger partial charge in [-0.3, -0.25) is 25.2 Å². The first kappa shape index (κ1) is 17.7. The summed E-state index contributed by atoms with van der Waals surface area (Å²) >= 11 is 0. The number of anilines is 1. The first-order valence-electron chi connectivity index (χ1n) is 8.53. The van der Waals surface area contributed by atoms with Gasteiger partial charge in [-0.25, -0.2) is 0 Å². The van der Waals surface area contributed by atoms with E-state index in [0.29, 0.717) is 17.9 Å². The van der Waals surface area contributed by atoms with E-state index in [0.717, 1.165) is 17.7 Å². The number of carbonyl (C=O) groups excluding carboxylic acids is 3. The number of furan rings is 1. The lowest BCUT2D eigenvalue weighted by Crippen LogP contribution is -2.45. The van der Waals surface area contributed by atoms with Crippen molar-refractivity contribution in [2.24, 2.45) is 5.92 Å². The summed E-state index contributed by atoms with van der Waals surface area (Å²) in [6.45, 7) is 4.00. The van der Waals surface area contributed by atoms with Gasteiger partial charge in [0.05, 0.1) is 17.7 Å². The van der Waals surface area contributed by atoms with E-state index in [9.17, 15) is 14.4 Å².